The number of aryl methyl sites for hydroxylation is 1. The summed E-state index contributed by atoms with van der Waals surface area (Å²) in [5, 5.41) is 9.59. The molecule has 0 radical (unpaired) electrons. The predicted molar refractivity (Wildman–Crippen MR) is 139 cm³/mol. The van der Waals surface area contributed by atoms with E-state index in [9.17, 15) is 14.9 Å². The van der Waals surface area contributed by atoms with E-state index in [1.807, 2.05) is 6.07 Å². The lowest BCUT2D eigenvalue weighted by atomic mass is 9.92. The monoisotopic (exact) mass is 510 g/mol. The van der Waals surface area contributed by atoms with Gasteiger partial charge in [0.1, 0.15) is 13.2 Å². The van der Waals surface area contributed by atoms with Gasteiger partial charge in [0.2, 0.25) is 0 Å². The number of amides is 1. The van der Waals surface area contributed by atoms with Crippen molar-refractivity contribution in [1.82, 2.24) is 4.90 Å². The third-order valence-electron chi connectivity index (χ3n) is 7.39. The molecule has 1 amide bonds. The smallest absolute Gasteiger partial charge is 0.410 e. The zero-order valence-electron chi connectivity index (χ0n) is 21.7. The fourth-order valence-electron chi connectivity index (χ4n) is 5.00. The number of benzene rings is 2. The van der Waals surface area contributed by atoms with Crippen LogP contribution in [0.3, 0.4) is 0 Å². The zero-order valence-corrected chi connectivity index (χ0v) is 21.7. The number of unbranched alkanes of at least 4 members (excludes halogenated alkanes) is 1. The molecular formula is C29H38N2O6. The number of piperidine rings is 1. The van der Waals surface area contributed by atoms with E-state index >= 15 is 0 Å². The fourth-order valence-corrected chi connectivity index (χ4v) is 5.00. The highest BCUT2D eigenvalue weighted by molar-refractivity contribution is 5.67. The van der Waals surface area contributed by atoms with Gasteiger partial charge in [0.05, 0.1) is 19.3 Å². The summed E-state index contributed by atoms with van der Waals surface area (Å²) >= 11 is 0. The maximum absolute atomic E-state index is 12.7. The summed E-state index contributed by atoms with van der Waals surface area (Å²) in [6.45, 7) is 4.14. The van der Waals surface area contributed by atoms with Gasteiger partial charge in [0, 0.05) is 6.54 Å². The second kappa shape index (κ2) is 12.9. The number of rotatable bonds is 13. The van der Waals surface area contributed by atoms with Crippen molar-refractivity contribution >= 4 is 6.09 Å². The third-order valence-corrected chi connectivity index (χ3v) is 7.39. The van der Waals surface area contributed by atoms with E-state index in [0.29, 0.717) is 18.7 Å². The second-order valence-electron chi connectivity index (χ2n) is 10.4. The Morgan fingerprint density at radius 1 is 1.11 bits per heavy atom. The quantitative estimate of drug-likeness (QED) is 0.247. The van der Waals surface area contributed by atoms with Crippen LogP contribution in [0.2, 0.25) is 0 Å². The molecule has 1 aliphatic heterocycles. The summed E-state index contributed by atoms with van der Waals surface area (Å²) in [5.74, 6) is 0. The lowest BCUT2D eigenvalue weighted by molar-refractivity contribution is -0.763. The first-order chi connectivity index (χ1) is 18.0. The number of hydrogen-bond donors (Lipinski definition) is 0. The number of ether oxygens (including phenoxy) is 2. The van der Waals surface area contributed by atoms with Crippen LogP contribution in [0.15, 0.2) is 48.5 Å². The highest BCUT2D eigenvalue weighted by Crippen LogP contribution is 2.49. The molecule has 0 bridgehead atoms. The Balaban J connectivity index is 1.23. The van der Waals surface area contributed by atoms with Gasteiger partial charge in [-0.2, -0.15) is 0 Å². The molecule has 1 heterocycles. The van der Waals surface area contributed by atoms with Crippen molar-refractivity contribution in [2.24, 2.45) is 5.41 Å². The van der Waals surface area contributed by atoms with E-state index in [1.165, 1.54) is 36.8 Å². The van der Waals surface area contributed by atoms with E-state index in [0.717, 1.165) is 37.9 Å². The number of carbonyl (C=O) groups excluding carboxylic acids is 1. The second-order valence-corrected chi connectivity index (χ2v) is 10.4. The molecule has 1 aliphatic carbocycles. The molecule has 8 nitrogen and oxygen atoms in total. The summed E-state index contributed by atoms with van der Waals surface area (Å²) in [4.78, 5) is 29.3. The van der Waals surface area contributed by atoms with Crippen LogP contribution in [0, 0.1) is 15.5 Å². The molecule has 1 unspecified atom stereocenters. The predicted octanol–water partition coefficient (Wildman–Crippen LogP) is 5.88. The van der Waals surface area contributed by atoms with E-state index in [-0.39, 0.29) is 30.8 Å². The Kier molecular flexibility index (Phi) is 9.39. The lowest BCUT2D eigenvalue weighted by Gasteiger charge is -2.33. The van der Waals surface area contributed by atoms with Gasteiger partial charge in [-0.15, -0.1) is 10.1 Å². The van der Waals surface area contributed by atoms with Crippen molar-refractivity contribution in [2.45, 2.75) is 77.6 Å². The molecule has 2 aliphatic rings. The van der Waals surface area contributed by atoms with Crippen LogP contribution in [0.5, 0.6) is 0 Å². The van der Waals surface area contributed by atoms with E-state index in [4.69, 9.17) is 9.47 Å². The molecule has 0 aromatic heterocycles. The van der Waals surface area contributed by atoms with Gasteiger partial charge in [0.25, 0.3) is 5.09 Å². The molecular weight excluding hydrogens is 472 g/mol. The molecule has 1 atom stereocenters. The van der Waals surface area contributed by atoms with Crippen molar-refractivity contribution in [3.05, 3.63) is 80.9 Å². The van der Waals surface area contributed by atoms with E-state index in [1.54, 1.807) is 23.1 Å². The van der Waals surface area contributed by atoms with Gasteiger partial charge in [-0.3, -0.25) is 0 Å². The third kappa shape index (κ3) is 8.18. The summed E-state index contributed by atoms with van der Waals surface area (Å²) < 4.78 is 11.9. The molecule has 2 aromatic carbocycles. The first kappa shape index (κ1) is 26.9. The molecule has 8 heteroatoms. The van der Waals surface area contributed by atoms with E-state index in [2.05, 4.69) is 36.0 Å². The van der Waals surface area contributed by atoms with Crippen LogP contribution in [-0.4, -0.2) is 41.9 Å². The number of likely N-dealkylation sites (tertiary alicyclic amines) is 1. The van der Waals surface area contributed by atoms with Crippen LogP contribution >= 0.6 is 0 Å². The summed E-state index contributed by atoms with van der Waals surface area (Å²) in [6, 6.07) is 15.9. The van der Waals surface area contributed by atoms with Gasteiger partial charge in [-0.1, -0.05) is 61.9 Å². The molecule has 200 valence electrons. The molecule has 0 spiro atoms. The SMILES string of the molecule is CCCCc1ccccc1CC1(COC2CCCN(C(=O)OCc3cccc(CO[N+](=O)[O-])c3)C2)CC1. The molecule has 4 rings (SSSR count). The van der Waals surface area contributed by atoms with Gasteiger partial charge in [0.15, 0.2) is 0 Å². The Morgan fingerprint density at radius 2 is 1.86 bits per heavy atom. The minimum absolute atomic E-state index is 0.0247. The highest BCUT2D eigenvalue weighted by Gasteiger charge is 2.44. The molecule has 1 saturated carbocycles. The highest BCUT2D eigenvalue weighted by atomic mass is 16.9. The van der Waals surface area contributed by atoms with Gasteiger partial charge in [-0.05, 0) is 72.6 Å². The zero-order chi connectivity index (χ0) is 26.1. The van der Waals surface area contributed by atoms with Crippen LogP contribution < -0.4 is 0 Å². The number of nitrogens with zero attached hydrogens (tertiary/aromatic N) is 2. The van der Waals surface area contributed by atoms with Crippen molar-refractivity contribution in [1.29, 1.82) is 0 Å². The maximum Gasteiger partial charge on any atom is 0.410 e. The molecule has 37 heavy (non-hydrogen) atoms. The minimum Gasteiger partial charge on any atom is -0.445 e. The summed E-state index contributed by atoms with van der Waals surface area (Å²) in [5.41, 5.74) is 4.57. The number of hydrogen-bond acceptors (Lipinski definition) is 6. The van der Waals surface area contributed by atoms with Crippen molar-refractivity contribution in [3.8, 4) is 0 Å². The van der Waals surface area contributed by atoms with Gasteiger partial charge < -0.3 is 19.2 Å². The maximum atomic E-state index is 12.7. The topological polar surface area (TPSA) is 91.1 Å². The molecule has 1 saturated heterocycles. The van der Waals surface area contributed by atoms with Crippen molar-refractivity contribution in [2.75, 3.05) is 19.7 Å². The van der Waals surface area contributed by atoms with Crippen LogP contribution in [0.25, 0.3) is 0 Å². The first-order valence-corrected chi connectivity index (χ1v) is 13.4. The van der Waals surface area contributed by atoms with Crippen LogP contribution in [-0.2, 0) is 40.4 Å². The Bertz CT molecular complexity index is 1050. The molecule has 0 N–H and O–H groups in total. The fraction of sp³-hybridized carbons (Fsp3) is 0.552. The standard InChI is InChI=1S/C29H38N2O6/c1-2-3-10-25-11-4-5-12-26(25)18-29(14-15-29)22-36-27-13-7-16-30(19-27)28(32)35-20-23-8-6-9-24(17-23)21-37-31(33)34/h4-6,8-9,11-12,17,27H,2-3,7,10,13-16,18-22H2,1H3. The van der Waals surface area contributed by atoms with Crippen molar-refractivity contribution in [3.63, 3.8) is 0 Å². The summed E-state index contributed by atoms with van der Waals surface area (Å²) in [6.07, 6.45) is 8.52. The molecule has 2 fully saturated rings. The molecule has 2 aromatic rings. The van der Waals surface area contributed by atoms with Crippen molar-refractivity contribution < 1.29 is 24.2 Å². The largest absolute Gasteiger partial charge is 0.445 e. The Hall–Kier alpha value is -3.13. The number of carbonyl (C=O) groups is 1. The Labute approximate surface area is 219 Å². The van der Waals surface area contributed by atoms with Crippen LogP contribution in [0.4, 0.5) is 4.79 Å². The van der Waals surface area contributed by atoms with Crippen LogP contribution in [0.1, 0.15) is 67.7 Å². The summed E-state index contributed by atoms with van der Waals surface area (Å²) in [7, 11) is 0. The lowest BCUT2D eigenvalue weighted by Crippen LogP contribution is -2.44. The first-order valence-electron chi connectivity index (χ1n) is 13.4. The van der Waals surface area contributed by atoms with E-state index < -0.39 is 5.09 Å². The average Bonchev–Trinajstić information content (AvgIpc) is 3.69. The van der Waals surface area contributed by atoms with Gasteiger partial charge in [-0.25, -0.2) is 4.79 Å². The Morgan fingerprint density at radius 3 is 2.59 bits per heavy atom. The normalized spacial score (nSPS) is 18.3. The minimum atomic E-state index is -0.820. The average molecular weight is 511 g/mol. The van der Waals surface area contributed by atoms with Gasteiger partial charge >= 0.3 is 6.09 Å².